The van der Waals surface area contributed by atoms with Gasteiger partial charge in [-0.25, -0.2) is 4.98 Å². The number of pyridine rings is 1. The minimum Gasteiger partial charge on any atom is -0.337 e. The molecule has 5 heteroatoms. The summed E-state index contributed by atoms with van der Waals surface area (Å²) < 4.78 is 0.778. The van der Waals surface area contributed by atoms with Crippen LogP contribution in [-0.4, -0.2) is 42.0 Å². The summed E-state index contributed by atoms with van der Waals surface area (Å²) in [7, 11) is 0. The molecule has 2 aliphatic heterocycles. The number of hydrogen-bond acceptors (Lipinski definition) is 3. The van der Waals surface area contributed by atoms with Crippen molar-refractivity contribution < 1.29 is 4.79 Å². The fourth-order valence-electron chi connectivity index (χ4n) is 2.71. The van der Waals surface area contributed by atoms with Crippen LogP contribution in [0.2, 0.25) is 0 Å². The Labute approximate surface area is 109 Å². The van der Waals surface area contributed by atoms with Gasteiger partial charge in [0.1, 0.15) is 5.69 Å². The molecule has 1 N–H and O–H groups in total. The van der Waals surface area contributed by atoms with E-state index >= 15 is 0 Å². The van der Waals surface area contributed by atoms with Gasteiger partial charge in [-0.15, -0.1) is 0 Å². The first-order chi connectivity index (χ1) is 8.25. The molecule has 0 unspecified atom stereocenters. The topological polar surface area (TPSA) is 45.2 Å². The number of hydrogen-bond donors (Lipinski definition) is 1. The number of likely N-dealkylation sites (tertiary alicyclic amines) is 1. The van der Waals surface area contributed by atoms with Gasteiger partial charge in [-0.2, -0.15) is 0 Å². The van der Waals surface area contributed by atoms with E-state index in [1.54, 1.807) is 6.20 Å². The predicted molar refractivity (Wildman–Crippen MR) is 67.7 cm³/mol. The van der Waals surface area contributed by atoms with Gasteiger partial charge in [0.15, 0.2) is 0 Å². The van der Waals surface area contributed by atoms with E-state index in [9.17, 15) is 4.79 Å². The van der Waals surface area contributed by atoms with Crippen LogP contribution in [0.3, 0.4) is 0 Å². The van der Waals surface area contributed by atoms with E-state index in [1.165, 1.54) is 0 Å². The van der Waals surface area contributed by atoms with E-state index in [-0.39, 0.29) is 5.91 Å². The smallest absolute Gasteiger partial charge is 0.273 e. The summed E-state index contributed by atoms with van der Waals surface area (Å²) in [6.07, 6.45) is 1.66. The van der Waals surface area contributed by atoms with Crippen LogP contribution in [0.15, 0.2) is 22.8 Å². The maximum absolute atomic E-state index is 12.3. The molecule has 3 heterocycles. The molecule has 4 nitrogen and oxygen atoms in total. The molecule has 0 aromatic carbocycles. The summed E-state index contributed by atoms with van der Waals surface area (Å²) in [5, 5.41) is 3.37. The van der Waals surface area contributed by atoms with Crippen LogP contribution in [0, 0.1) is 11.8 Å². The van der Waals surface area contributed by atoms with Crippen molar-refractivity contribution in [2.45, 2.75) is 0 Å². The molecule has 2 fully saturated rings. The molecule has 17 heavy (non-hydrogen) atoms. The zero-order chi connectivity index (χ0) is 11.8. The lowest BCUT2D eigenvalue weighted by Gasteiger charge is -2.17. The quantitative estimate of drug-likeness (QED) is 0.845. The SMILES string of the molecule is O=C(c1ncccc1Br)N1C[C@H]2CNC[C@H]2C1. The van der Waals surface area contributed by atoms with Crippen LogP contribution < -0.4 is 5.32 Å². The maximum Gasteiger partial charge on any atom is 0.273 e. The lowest BCUT2D eigenvalue weighted by atomic mass is 10.0. The number of nitrogens with zero attached hydrogens (tertiary/aromatic N) is 2. The molecule has 0 spiro atoms. The molecular weight excluding hydrogens is 282 g/mol. The monoisotopic (exact) mass is 295 g/mol. The van der Waals surface area contributed by atoms with Gasteiger partial charge in [0.25, 0.3) is 5.91 Å². The molecule has 2 aliphatic rings. The highest BCUT2D eigenvalue weighted by atomic mass is 79.9. The van der Waals surface area contributed by atoms with Crippen molar-refractivity contribution in [3.05, 3.63) is 28.5 Å². The van der Waals surface area contributed by atoms with E-state index < -0.39 is 0 Å². The number of rotatable bonds is 1. The number of halogens is 1. The third kappa shape index (κ3) is 1.98. The number of carbonyl (C=O) groups is 1. The molecule has 2 saturated heterocycles. The highest BCUT2D eigenvalue weighted by molar-refractivity contribution is 9.10. The van der Waals surface area contributed by atoms with Crippen molar-refractivity contribution in [3.63, 3.8) is 0 Å². The second kappa shape index (κ2) is 4.38. The molecule has 2 atom stereocenters. The Bertz CT molecular complexity index is 439. The highest BCUT2D eigenvalue weighted by Crippen LogP contribution is 2.28. The Hall–Kier alpha value is -0.940. The first-order valence-electron chi connectivity index (χ1n) is 5.86. The Kier molecular flexibility index (Phi) is 2.88. The molecule has 1 aromatic heterocycles. The van der Waals surface area contributed by atoms with E-state index in [1.807, 2.05) is 17.0 Å². The maximum atomic E-state index is 12.3. The Morgan fingerprint density at radius 2 is 2.12 bits per heavy atom. The standard InChI is InChI=1S/C12H14BrN3O/c13-10-2-1-3-15-11(10)12(17)16-6-8-4-14-5-9(8)7-16/h1-3,8-9,14H,4-7H2/t8-,9+. The molecule has 0 saturated carbocycles. The minimum absolute atomic E-state index is 0.0480. The van der Waals surface area contributed by atoms with E-state index in [2.05, 4.69) is 26.2 Å². The summed E-state index contributed by atoms with van der Waals surface area (Å²) >= 11 is 3.38. The van der Waals surface area contributed by atoms with Gasteiger partial charge < -0.3 is 10.2 Å². The van der Waals surface area contributed by atoms with Gasteiger partial charge in [-0.05, 0) is 39.9 Å². The van der Waals surface area contributed by atoms with Crippen molar-refractivity contribution in [1.29, 1.82) is 0 Å². The molecule has 1 aromatic rings. The largest absolute Gasteiger partial charge is 0.337 e. The van der Waals surface area contributed by atoms with Crippen molar-refractivity contribution >= 4 is 21.8 Å². The number of nitrogens with one attached hydrogen (secondary N) is 1. The summed E-state index contributed by atoms with van der Waals surface area (Å²) in [4.78, 5) is 18.4. The first-order valence-corrected chi connectivity index (χ1v) is 6.65. The van der Waals surface area contributed by atoms with Crippen molar-refractivity contribution in [2.75, 3.05) is 26.2 Å². The Balaban J connectivity index is 1.78. The first kappa shape index (κ1) is 11.2. The molecular formula is C12H14BrN3O. The van der Waals surface area contributed by atoms with Gasteiger partial charge in [0.05, 0.1) is 0 Å². The fourth-order valence-corrected chi connectivity index (χ4v) is 3.14. The van der Waals surface area contributed by atoms with Crippen LogP contribution in [0.4, 0.5) is 0 Å². The Morgan fingerprint density at radius 1 is 1.41 bits per heavy atom. The zero-order valence-corrected chi connectivity index (χ0v) is 11.0. The minimum atomic E-state index is 0.0480. The van der Waals surface area contributed by atoms with Gasteiger partial charge in [-0.3, -0.25) is 4.79 Å². The van der Waals surface area contributed by atoms with Crippen LogP contribution in [0.1, 0.15) is 10.5 Å². The summed E-state index contributed by atoms with van der Waals surface area (Å²) in [6, 6.07) is 3.68. The van der Waals surface area contributed by atoms with E-state index in [0.717, 1.165) is 30.7 Å². The molecule has 0 aliphatic carbocycles. The van der Waals surface area contributed by atoms with E-state index in [4.69, 9.17) is 0 Å². The average molecular weight is 296 g/mol. The predicted octanol–water partition coefficient (Wildman–Crippen LogP) is 1.14. The molecule has 0 radical (unpaired) electrons. The lowest BCUT2D eigenvalue weighted by molar-refractivity contribution is 0.0775. The average Bonchev–Trinajstić information content (AvgIpc) is 2.88. The van der Waals surface area contributed by atoms with E-state index in [0.29, 0.717) is 17.5 Å². The highest BCUT2D eigenvalue weighted by Gasteiger charge is 2.38. The number of carbonyl (C=O) groups excluding carboxylic acids is 1. The third-order valence-corrected chi connectivity index (χ3v) is 4.28. The summed E-state index contributed by atoms with van der Waals surface area (Å²) in [5.41, 5.74) is 0.528. The van der Waals surface area contributed by atoms with Crippen LogP contribution in [-0.2, 0) is 0 Å². The van der Waals surface area contributed by atoms with Crippen molar-refractivity contribution in [2.24, 2.45) is 11.8 Å². The number of fused-ring (bicyclic) bond motifs is 1. The number of aromatic nitrogens is 1. The van der Waals surface area contributed by atoms with Crippen molar-refractivity contribution in [1.82, 2.24) is 15.2 Å². The number of amides is 1. The Morgan fingerprint density at radius 3 is 2.76 bits per heavy atom. The molecule has 90 valence electrons. The van der Waals surface area contributed by atoms with Gasteiger partial charge in [0, 0.05) is 36.8 Å². The molecule has 1 amide bonds. The fraction of sp³-hybridized carbons (Fsp3) is 0.500. The lowest BCUT2D eigenvalue weighted by Crippen LogP contribution is -2.32. The van der Waals surface area contributed by atoms with Gasteiger partial charge >= 0.3 is 0 Å². The summed E-state index contributed by atoms with van der Waals surface area (Å²) in [6.45, 7) is 3.80. The molecule has 0 bridgehead atoms. The van der Waals surface area contributed by atoms with Crippen LogP contribution >= 0.6 is 15.9 Å². The van der Waals surface area contributed by atoms with Gasteiger partial charge in [-0.1, -0.05) is 0 Å². The zero-order valence-electron chi connectivity index (χ0n) is 9.40. The normalized spacial score (nSPS) is 27.2. The third-order valence-electron chi connectivity index (χ3n) is 3.64. The van der Waals surface area contributed by atoms with Crippen molar-refractivity contribution in [3.8, 4) is 0 Å². The second-order valence-corrected chi connectivity index (χ2v) is 5.58. The van der Waals surface area contributed by atoms with Crippen LogP contribution in [0.25, 0.3) is 0 Å². The second-order valence-electron chi connectivity index (χ2n) is 4.72. The summed E-state index contributed by atoms with van der Waals surface area (Å²) in [5.74, 6) is 1.30. The van der Waals surface area contributed by atoms with Gasteiger partial charge in [0.2, 0.25) is 0 Å². The molecule has 3 rings (SSSR count). The van der Waals surface area contributed by atoms with Crippen LogP contribution in [0.5, 0.6) is 0 Å².